The van der Waals surface area contributed by atoms with Crippen molar-refractivity contribution in [3.8, 4) is 0 Å². The molecule has 1 N–H and O–H groups in total. The first-order chi connectivity index (χ1) is 9.71. The largest absolute Gasteiger partial charge is 0.365 e. The van der Waals surface area contributed by atoms with E-state index in [0.29, 0.717) is 22.7 Å². The molecule has 2 atom stereocenters. The fraction of sp³-hybridized carbons (Fsp3) is 0.600. The van der Waals surface area contributed by atoms with Crippen LogP contribution in [0.3, 0.4) is 0 Å². The van der Waals surface area contributed by atoms with Crippen LogP contribution in [0.2, 0.25) is 0 Å². The maximum atomic E-state index is 12.1. The lowest BCUT2D eigenvalue weighted by atomic mass is 10.4. The number of hydrogen-bond acceptors (Lipinski definition) is 8. The number of likely N-dealkylation sites (N-methyl/N-ethyl adjacent to an activating group) is 1. The molecule has 0 spiro atoms. The van der Waals surface area contributed by atoms with Crippen LogP contribution in [0.5, 0.6) is 0 Å². The fourth-order valence-electron chi connectivity index (χ4n) is 1.61. The van der Waals surface area contributed by atoms with Crippen molar-refractivity contribution in [2.45, 2.75) is 36.1 Å². The molecule has 1 aromatic heterocycles. The number of amides is 3. The molecule has 1 aliphatic rings. The summed E-state index contributed by atoms with van der Waals surface area (Å²) in [5, 5.41) is 15.8. The maximum Gasteiger partial charge on any atom is 0.335 e. The summed E-state index contributed by atoms with van der Waals surface area (Å²) in [6, 6.07) is -0.781. The predicted molar refractivity (Wildman–Crippen MR) is 73.5 cm³/mol. The molecule has 3 amide bonds. The Bertz CT molecular complexity index is 665. The van der Waals surface area contributed by atoms with Crippen molar-refractivity contribution >= 4 is 38.2 Å². The van der Waals surface area contributed by atoms with E-state index in [9.17, 15) is 23.1 Å². The normalized spacial score (nSPS) is 21.2. The molecule has 0 aliphatic carbocycles. The van der Waals surface area contributed by atoms with Gasteiger partial charge in [-0.25, -0.2) is 18.1 Å². The zero-order chi connectivity index (χ0) is 15.9. The summed E-state index contributed by atoms with van der Waals surface area (Å²) < 4.78 is 24.0. The molecule has 2 unspecified atom stereocenters. The molecule has 1 aromatic rings. The van der Waals surface area contributed by atoms with Crippen molar-refractivity contribution < 1.29 is 23.1 Å². The van der Waals surface area contributed by atoms with Crippen molar-refractivity contribution in [3.05, 3.63) is 0 Å². The van der Waals surface area contributed by atoms with E-state index in [1.165, 1.54) is 7.05 Å². The molecular weight excluding hydrogens is 320 g/mol. The Labute approximate surface area is 125 Å². The van der Waals surface area contributed by atoms with Gasteiger partial charge in [-0.1, -0.05) is 18.3 Å². The van der Waals surface area contributed by atoms with Gasteiger partial charge in [0.05, 0.1) is 5.25 Å². The molecule has 21 heavy (non-hydrogen) atoms. The zero-order valence-electron chi connectivity index (χ0n) is 11.5. The van der Waals surface area contributed by atoms with Gasteiger partial charge in [-0.15, -0.1) is 10.2 Å². The first-order valence-electron chi connectivity index (χ1n) is 6.08. The maximum absolute atomic E-state index is 12.1. The topological polar surface area (TPSA) is 121 Å². The minimum Gasteiger partial charge on any atom is -0.365 e. The average molecular weight is 334 g/mol. The third kappa shape index (κ3) is 2.40. The molecule has 116 valence electrons. The molecular formula is C10H14N4O5S2. The molecule has 0 bridgehead atoms. The Morgan fingerprint density at radius 1 is 1.38 bits per heavy atom. The quantitative estimate of drug-likeness (QED) is 0.599. The van der Waals surface area contributed by atoms with Gasteiger partial charge in [0.25, 0.3) is 5.91 Å². The van der Waals surface area contributed by atoms with E-state index in [-0.39, 0.29) is 9.47 Å². The van der Waals surface area contributed by atoms with E-state index in [4.69, 9.17) is 0 Å². The first kappa shape index (κ1) is 15.8. The Balaban J connectivity index is 2.38. The number of carbonyl (C=O) groups excluding carboxylic acids is 2. The number of sulfone groups is 1. The van der Waals surface area contributed by atoms with Gasteiger partial charge in [0.15, 0.2) is 0 Å². The number of rotatable bonds is 4. The van der Waals surface area contributed by atoms with Crippen molar-refractivity contribution in [3.63, 3.8) is 0 Å². The van der Waals surface area contributed by atoms with E-state index in [1.807, 2.05) is 0 Å². The second kappa shape index (κ2) is 5.31. The molecule has 1 aliphatic heterocycles. The average Bonchev–Trinajstić information content (AvgIpc) is 3.00. The molecule has 0 radical (unpaired) electrons. The number of anilines is 1. The van der Waals surface area contributed by atoms with Gasteiger partial charge >= 0.3 is 6.03 Å². The van der Waals surface area contributed by atoms with Gasteiger partial charge in [-0.2, -0.15) is 0 Å². The molecule has 9 nitrogen and oxygen atoms in total. The minimum absolute atomic E-state index is 0.171. The molecule has 2 heterocycles. The summed E-state index contributed by atoms with van der Waals surface area (Å²) in [6.07, 6.45) is -1.20. The molecule has 11 heteroatoms. The molecule has 0 saturated carbocycles. The highest BCUT2D eigenvalue weighted by atomic mass is 32.2. The number of aromatic nitrogens is 2. The van der Waals surface area contributed by atoms with Gasteiger partial charge in [-0.3, -0.25) is 9.69 Å². The number of imide groups is 1. The van der Waals surface area contributed by atoms with Crippen molar-refractivity contribution in [2.75, 3.05) is 11.9 Å². The third-order valence-electron chi connectivity index (χ3n) is 3.24. The minimum atomic E-state index is -3.64. The highest BCUT2D eigenvalue weighted by Crippen LogP contribution is 2.30. The number of carbonyl (C=O) groups is 2. The second-order valence-corrected chi connectivity index (χ2v) is 8.05. The lowest BCUT2D eigenvalue weighted by molar-refractivity contribution is -0.128. The first-order valence-corrected chi connectivity index (χ1v) is 8.44. The van der Waals surface area contributed by atoms with Crippen LogP contribution < -0.4 is 4.90 Å². The van der Waals surface area contributed by atoms with Gasteiger partial charge in [-0.05, 0) is 13.3 Å². The number of hydrogen-bond donors (Lipinski definition) is 1. The highest BCUT2D eigenvalue weighted by Gasteiger charge is 2.45. The molecule has 2 rings (SSSR count). The van der Waals surface area contributed by atoms with Crippen LogP contribution in [0.15, 0.2) is 4.34 Å². The van der Waals surface area contributed by atoms with Crippen LogP contribution in [0.1, 0.15) is 20.3 Å². The highest BCUT2D eigenvalue weighted by molar-refractivity contribution is 7.94. The summed E-state index contributed by atoms with van der Waals surface area (Å²) in [5.41, 5.74) is 0. The van der Waals surface area contributed by atoms with Gasteiger partial charge in [0, 0.05) is 7.05 Å². The van der Waals surface area contributed by atoms with Crippen molar-refractivity contribution in [1.82, 2.24) is 15.1 Å². The lowest BCUT2D eigenvalue weighted by Crippen LogP contribution is -2.31. The van der Waals surface area contributed by atoms with Crippen LogP contribution in [-0.2, 0) is 14.6 Å². The summed E-state index contributed by atoms with van der Waals surface area (Å²) >= 11 is 0.629. The summed E-state index contributed by atoms with van der Waals surface area (Å²) in [6.45, 7) is 3.27. The summed E-state index contributed by atoms with van der Waals surface area (Å²) in [5.74, 6) is -0.883. The number of urea groups is 1. The van der Waals surface area contributed by atoms with Crippen molar-refractivity contribution in [2.24, 2.45) is 0 Å². The van der Waals surface area contributed by atoms with E-state index < -0.39 is 33.3 Å². The predicted octanol–water partition coefficient (Wildman–Crippen LogP) is -0.173. The third-order valence-corrected chi connectivity index (χ3v) is 6.85. The lowest BCUT2D eigenvalue weighted by Gasteiger charge is -2.09. The van der Waals surface area contributed by atoms with Crippen LogP contribution >= 0.6 is 11.3 Å². The van der Waals surface area contributed by atoms with Crippen LogP contribution in [0.4, 0.5) is 9.93 Å². The van der Waals surface area contributed by atoms with Gasteiger partial charge in [0.1, 0.15) is 0 Å². The van der Waals surface area contributed by atoms with E-state index in [0.717, 1.165) is 4.90 Å². The number of nitrogens with zero attached hydrogens (tertiary/aromatic N) is 4. The van der Waals surface area contributed by atoms with E-state index >= 15 is 0 Å². The standard InChI is InChI=1S/C10H14N4O5S2/c1-4-5(2)21(18,19)9-12-11-8(20-9)14-7(16)6(15)13(3)10(14)17/h5-6,15H,4H2,1-3H3. The number of aliphatic hydroxyl groups excluding tert-OH is 1. The molecule has 0 aromatic carbocycles. The summed E-state index contributed by atoms with van der Waals surface area (Å²) in [7, 11) is -2.39. The summed E-state index contributed by atoms with van der Waals surface area (Å²) in [4.78, 5) is 25.1. The Kier molecular flexibility index (Phi) is 4.00. The van der Waals surface area contributed by atoms with E-state index in [1.54, 1.807) is 13.8 Å². The van der Waals surface area contributed by atoms with Gasteiger partial charge < -0.3 is 5.11 Å². The monoisotopic (exact) mass is 334 g/mol. The van der Waals surface area contributed by atoms with Crippen molar-refractivity contribution in [1.29, 1.82) is 0 Å². The number of aliphatic hydroxyl groups is 1. The SMILES string of the molecule is CCC(C)S(=O)(=O)c1nnc(N2C(=O)C(O)N(C)C2=O)s1. The van der Waals surface area contributed by atoms with Crippen LogP contribution in [0, 0.1) is 0 Å². The Morgan fingerprint density at radius 2 is 2.00 bits per heavy atom. The smallest absolute Gasteiger partial charge is 0.335 e. The molecule has 1 saturated heterocycles. The van der Waals surface area contributed by atoms with Crippen LogP contribution in [0.25, 0.3) is 0 Å². The fourth-order valence-corrected chi connectivity index (χ4v) is 4.31. The molecule has 1 fully saturated rings. The van der Waals surface area contributed by atoms with Crippen LogP contribution in [-0.4, -0.2) is 59.1 Å². The van der Waals surface area contributed by atoms with E-state index in [2.05, 4.69) is 10.2 Å². The second-order valence-electron chi connectivity index (χ2n) is 4.56. The van der Waals surface area contributed by atoms with Gasteiger partial charge in [0.2, 0.25) is 25.5 Å². The Hall–Kier alpha value is -1.59. The zero-order valence-corrected chi connectivity index (χ0v) is 13.2. The Morgan fingerprint density at radius 3 is 2.48 bits per heavy atom.